The number of anilines is 2. The zero-order valence-corrected chi connectivity index (χ0v) is 13.6. The summed E-state index contributed by atoms with van der Waals surface area (Å²) in [4.78, 5) is 9.09. The fourth-order valence-electron chi connectivity index (χ4n) is 2.19. The SMILES string of the molecule is C/C=c1/ccc(Nc2cc(C)cc(C)n2)n/c1=C(\Cl)CC. The second-order valence-corrected chi connectivity index (χ2v) is 5.43. The molecule has 2 aromatic rings. The van der Waals surface area contributed by atoms with E-state index in [0.29, 0.717) is 0 Å². The van der Waals surface area contributed by atoms with Gasteiger partial charge in [0.2, 0.25) is 0 Å². The maximum Gasteiger partial charge on any atom is 0.132 e. The first-order chi connectivity index (χ1) is 10.0. The topological polar surface area (TPSA) is 37.8 Å². The molecule has 0 aliphatic heterocycles. The molecule has 0 radical (unpaired) electrons. The van der Waals surface area contributed by atoms with E-state index >= 15 is 0 Å². The Morgan fingerprint density at radius 3 is 2.57 bits per heavy atom. The molecule has 0 aromatic carbocycles. The van der Waals surface area contributed by atoms with Crippen molar-refractivity contribution < 1.29 is 0 Å². The van der Waals surface area contributed by atoms with Gasteiger partial charge in [-0.25, -0.2) is 9.97 Å². The summed E-state index contributed by atoms with van der Waals surface area (Å²) in [6, 6.07) is 8.00. The lowest BCUT2D eigenvalue weighted by molar-refractivity contribution is 1.14. The quantitative estimate of drug-likeness (QED) is 0.944. The molecule has 21 heavy (non-hydrogen) atoms. The number of hydrogen-bond donors (Lipinski definition) is 1. The van der Waals surface area contributed by atoms with E-state index < -0.39 is 0 Å². The van der Waals surface area contributed by atoms with Crippen LogP contribution in [-0.4, -0.2) is 9.97 Å². The summed E-state index contributed by atoms with van der Waals surface area (Å²) in [7, 11) is 0. The van der Waals surface area contributed by atoms with Gasteiger partial charge in [-0.1, -0.05) is 24.6 Å². The van der Waals surface area contributed by atoms with Crippen LogP contribution < -0.4 is 15.9 Å². The molecule has 0 spiro atoms. The van der Waals surface area contributed by atoms with Crippen LogP contribution in [0, 0.1) is 13.8 Å². The van der Waals surface area contributed by atoms with Gasteiger partial charge >= 0.3 is 0 Å². The first-order valence-corrected chi connectivity index (χ1v) is 7.45. The molecule has 0 bridgehead atoms. The Morgan fingerprint density at radius 2 is 1.95 bits per heavy atom. The molecule has 110 valence electrons. The zero-order valence-electron chi connectivity index (χ0n) is 12.9. The number of hydrogen-bond acceptors (Lipinski definition) is 3. The predicted molar refractivity (Wildman–Crippen MR) is 90.2 cm³/mol. The summed E-state index contributed by atoms with van der Waals surface area (Å²) < 4.78 is 0. The summed E-state index contributed by atoms with van der Waals surface area (Å²) in [5.74, 6) is 1.55. The van der Waals surface area contributed by atoms with Crippen LogP contribution in [0.4, 0.5) is 11.6 Å². The Morgan fingerprint density at radius 1 is 1.19 bits per heavy atom. The van der Waals surface area contributed by atoms with Crippen molar-refractivity contribution in [2.24, 2.45) is 0 Å². The van der Waals surface area contributed by atoms with E-state index in [-0.39, 0.29) is 0 Å². The molecule has 1 N–H and O–H groups in total. The Kier molecular flexibility index (Phi) is 4.97. The molecule has 4 heteroatoms. The molecule has 0 saturated carbocycles. The Balaban J connectivity index is 2.47. The lowest BCUT2D eigenvalue weighted by atomic mass is 10.2. The molecular weight excluding hydrogens is 282 g/mol. The average Bonchev–Trinajstić information content (AvgIpc) is 2.45. The summed E-state index contributed by atoms with van der Waals surface area (Å²) in [6.45, 7) is 8.04. The molecule has 0 unspecified atom stereocenters. The highest BCUT2D eigenvalue weighted by molar-refractivity contribution is 6.44. The molecule has 2 heterocycles. The van der Waals surface area contributed by atoms with E-state index in [1.54, 1.807) is 0 Å². The maximum atomic E-state index is 6.29. The van der Waals surface area contributed by atoms with Crippen LogP contribution in [0.2, 0.25) is 0 Å². The highest BCUT2D eigenvalue weighted by Crippen LogP contribution is 2.13. The van der Waals surface area contributed by atoms with Crippen LogP contribution in [0.1, 0.15) is 31.5 Å². The van der Waals surface area contributed by atoms with Crippen LogP contribution in [0.5, 0.6) is 0 Å². The third kappa shape index (κ3) is 3.82. The van der Waals surface area contributed by atoms with Gasteiger partial charge in [0.05, 0.1) is 5.35 Å². The molecule has 2 aromatic heterocycles. The Labute approximate surface area is 130 Å². The number of halogens is 1. The third-order valence-corrected chi connectivity index (χ3v) is 3.60. The van der Waals surface area contributed by atoms with Gasteiger partial charge in [0, 0.05) is 10.7 Å². The third-order valence-electron chi connectivity index (χ3n) is 3.16. The number of nitrogens with zero attached hydrogens (tertiary/aromatic N) is 2. The van der Waals surface area contributed by atoms with Gasteiger partial charge in [-0.2, -0.15) is 0 Å². The molecular formula is C17H20ClN3. The van der Waals surface area contributed by atoms with E-state index in [1.807, 2.05) is 51.1 Å². The van der Waals surface area contributed by atoms with Crippen molar-refractivity contribution in [3.05, 3.63) is 46.1 Å². The molecule has 2 rings (SSSR count). The number of rotatable bonds is 3. The smallest absolute Gasteiger partial charge is 0.132 e. The number of nitrogens with one attached hydrogen (secondary N) is 1. The molecule has 0 aliphatic carbocycles. The molecule has 0 amide bonds. The van der Waals surface area contributed by atoms with Gasteiger partial charge in [-0.3, -0.25) is 0 Å². The van der Waals surface area contributed by atoms with Crippen LogP contribution in [0.3, 0.4) is 0 Å². The molecule has 0 fully saturated rings. The summed E-state index contributed by atoms with van der Waals surface area (Å²) in [5.41, 5.74) is 2.15. The number of aryl methyl sites for hydroxylation is 2. The lowest BCUT2D eigenvalue weighted by Crippen LogP contribution is -2.29. The second kappa shape index (κ2) is 6.72. The molecule has 0 saturated heterocycles. The Hall–Kier alpha value is -1.87. The maximum absolute atomic E-state index is 6.29. The minimum absolute atomic E-state index is 0.750. The number of pyridine rings is 2. The summed E-state index contributed by atoms with van der Waals surface area (Å²) in [6.07, 6.45) is 2.78. The molecule has 3 nitrogen and oxygen atoms in total. The normalized spacial score (nSPS) is 13.3. The zero-order chi connectivity index (χ0) is 15.4. The number of aromatic nitrogens is 2. The van der Waals surface area contributed by atoms with Crippen molar-refractivity contribution >= 4 is 34.3 Å². The van der Waals surface area contributed by atoms with Crippen LogP contribution in [-0.2, 0) is 0 Å². The van der Waals surface area contributed by atoms with E-state index in [4.69, 9.17) is 11.6 Å². The second-order valence-electron chi connectivity index (χ2n) is 4.98. The van der Waals surface area contributed by atoms with Crippen molar-refractivity contribution in [1.29, 1.82) is 0 Å². The van der Waals surface area contributed by atoms with Gasteiger partial charge in [0.25, 0.3) is 0 Å². The van der Waals surface area contributed by atoms with Crippen LogP contribution in [0.25, 0.3) is 11.1 Å². The van der Waals surface area contributed by atoms with Gasteiger partial charge in [-0.05, 0) is 62.2 Å². The van der Waals surface area contributed by atoms with Crippen molar-refractivity contribution in [2.45, 2.75) is 34.1 Å². The van der Waals surface area contributed by atoms with E-state index in [9.17, 15) is 0 Å². The molecule has 0 aliphatic rings. The van der Waals surface area contributed by atoms with Gasteiger partial charge in [0.15, 0.2) is 0 Å². The van der Waals surface area contributed by atoms with Crippen molar-refractivity contribution in [3.63, 3.8) is 0 Å². The standard InChI is InChI=1S/C17H20ClN3/c1-5-13-7-8-15(21-17(13)14(18)6-2)20-16-10-11(3)9-12(4)19-16/h5,7-10H,6H2,1-4H3,(H,19,20,21)/b13-5-,17-14-. The van der Waals surface area contributed by atoms with E-state index in [1.165, 1.54) is 5.56 Å². The highest BCUT2D eigenvalue weighted by atomic mass is 35.5. The van der Waals surface area contributed by atoms with E-state index in [0.717, 1.165) is 39.4 Å². The summed E-state index contributed by atoms with van der Waals surface area (Å²) in [5, 5.41) is 5.88. The van der Waals surface area contributed by atoms with Gasteiger partial charge in [0.1, 0.15) is 11.6 Å². The van der Waals surface area contributed by atoms with Gasteiger partial charge in [-0.15, -0.1) is 0 Å². The minimum Gasteiger partial charge on any atom is -0.325 e. The fraction of sp³-hybridized carbons (Fsp3) is 0.294. The monoisotopic (exact) mass is 301 g/mol. The highest BCUT2D eigenvalue weighted by Gasteiger charge is 2.02. The lowest BCUT2D eigenvalue weighted by Gasteiger charge is -2.07. The van der Waals surface area contributed by atoms with E-state index in [2.05, 4.69) is 22.2 Å². The first kappa shape index (κ1) is 15.5. The van der Waals surface area contributed by atoms with Gasteiger partial charge < -0.3 is 5.32 Å². The van der Waals surface area contributed by atoms with Crippen molar-refractivity contribution in [3.8, 4) is 0 Å². The first-order valence-electron chi connectivity index (χ1n) is 7.08. The van der Waals surface area contributed by atoms with Crippen LogP contribution in [0.15, 0.2) is 24.3 Å². The fourth-order valence-corrected chi connectivity index (χ4v) is 2.35. The largest absolute Gasteiger partial charge is 0.325 e. The molecule has 0 atom stereocenters. The van der Waals surface area contributed by atoms with Crippen molar-refractivity contribution in [2.75, 3.05) is 5.32 Å². The predicted octanol–water partition coefficient (Wildman–Crippen LogP) is 3.39. The average molecular weight is 302 g/mol. The Bertz CT molecular complexity index is 746. The summed E-state index contributed by atoms with van der Waals surface area (Å²) >= 11 is 6.29. The van der Waals surface area contributed by atoms with Crippen LogP contribution >= 0.6 is 11.6 Å². The minimum atomic E-state index is 0.750. The van der Waals surface area contributed by atoms with Crippen molar-refractivity contribution in [1.82, 2.24) is 9.97 Å².